The maximum Gasteiger partial charge on any atom is 0.252 e. The summed E-state index contributed by atoms with van der Waals surface area (Å²) in [4.78, 5) is 7.82. The Morgan fingerprint density at radius 3 is 2.53 bits per heavy atom. The molecule has 1 unspecified atom stereocenters. The lowest BCUT2D eigenvalue weighted by Crippen LogP contribution is -2.26. The van der Waals surface area contributed by atoms with Gasteiger partial charge in [-0.3, -0.25) is 4.98 Å². The van der Waals surface area contributed by atoms with E-state index in [-0.39, 0.29) is 15.4 Å². The fraction of sp³-hybridized carbons (Fsp3) is 0.273. The Morgan fingerprint density at radius 2 is 2.00 bits per heavy atom. The molecule has 0 saturated carbocycles. The van der Waals surface area contributed by atoms with E-state index in [1.54, 1.807) is 38.4 Å². The van der Waals surface area contributed by atoms with Crippen LogP contribution in [0.3, 0.4) is 0 Å². The summed E-state index contributed by atoms with van der Waals surface area (Å²) in [5.41, 5.74) is 6.78. The highest BCUT2D eigenvalue weighted by Crippen LogP contribution is 2.26. The van der Waals surface area contributed by atoms with Crippen LogP contribution < -0.4 is 10.5 Å². The fourth-order valence-corrected chi connectivity index (χ4v) is 4.21. The zero-order chi connectivity index (χ0) is 14.0. The second kappa shape index (κ2) is 5.24. The van der Waals surface area contributed by atoms with Crippen LogP contribution in [0, 0.1) is 6.92 Å². The summed E-state index contributed by atoms with van der Waals surface area (Å²) in [7, 11) is -3.61. The van der Waals surface area contributed by atoms with Gasteiger partial charge in [-0.1, -0.05) is 11.3 Å². The number of hydrogen-bond acceptors (Lipinski definition) is 6. The average molecular weight is 298 g/mol. The normalized spacial score (nSPS) is 13.4. The molecule has 0 aliphatic rings. The van der Waals surface area contributed by atoms with Crippen LogP contribution in [0.1, 0.15) is 24.2 Å². The van der Waals surface area contributed by atoms with Gasteiger partial charge in [0.2, 0.25) is 0 Å². The van der Waals surface area contributed by atoms with E-state index in [0.717, 1.165) is 16.9 Å². The van der Waals surface area contributed by atoms with Crippen LogP contribution in [-0.4, -0.2) is 18.4 Å². The van der Waals surface area contributed by atoms with Gasteiger partial charge in [0, 0.05) is 18.4 Å². The van der Waals surface area contributed by atoms with Gasteiger partial charge >= 0.3 is 0 Å². The molecule has 0 bridgehead atoms. The minimum atomic E-state index is -3.61. The predicted molar refractivity (Wildman–Crippen MR) is 74.2 cm³/mol. The Balaban J connectivity index is 2.25. The second-order valence-corrected chi connectivity index (χ2v) is 6.99. The molecule has 3 N–H and O–H groups in total. The standard InChI is InChI=1S/C11H14N4O2S2/c1-7(9-3-5-13-6-4-9)15-19(16,17)10-8(2)14-11(12)18-10/h3-7,15H,1-2H3,(H2,12,14). The lowest BCUT2D eigenvalue weighted by molar-refractivity contribution is 0.568. The Labute approximate surface area is 115 Å². The molecular formula is C11H14N4O2S2. The lowest BCUT2D eigenvalue weighted by atomic mass is 10.1. The average Bonchev–Trinajstić information content (AvgIpc) is 2.70. The number of aromatic nitrogens is 2. The number of aryl methyl sites for hydroxylation is 1. The van der Waals surface area contributed by atoms with Crippen molar-refractivity contribution in [1.82, 2.24) is 14.7 Å². The van der Waals surface area contributed by atoms with Crippen molar-refractivity contribution in [2.75, 3.05) is 5.73 Å². The van der Waals surface area contributed by atoms with Gasteiger partial charge in [-0.2, -0.15) is 0 Å². The van der Waals surface area contributed by atoms with Gasteiger partial charge in [0.25, 0.3) is 10.0 Å². The summed E-state index contributed by atoms with van der Waals surface area (Å²) >= 11 is 0.962. The molecular weight excluding hydrogens is 284 g/mol. The molecule has 2 heterocycles. The largest absolute Gasteiger partial charge is 0.375 e. The minimum Gasteiger partial charge on any atom is -0.375 e. The Bertz CT molecular complexity index is 667. The zero-order valence-electron chi connectivity index (χ0n) is 10.5. The maximum absolute atomic E-state index is 12.2. The van der Waals surface area contributed by atoms with Crippen molar-refractivity contribution in [2.24, 2.45) is 0 Å². The number of sulfonamides is 1. The predicted octanol–water partition coefficient (Wildman–Crippen LogP) is 1.47. The molecule has 6 nitrogen and oxygen atoms in total. The van der Waals surface area contributed by atoms with Gasteiger partial charge in [-0.25, -0.2) is 18.1 Å². The molecule has 0 aliphatic carbocycles. The van der Waals surface area contributed by atoms with Gasteiger partial charge in [0.15, 0.2) is 9.34 Å². The van der Waals surface area contributed by atoms with Crippen molar-refractivity contribution in [2.45, 2.75) is 24.1 Å². The smallest absolute Gasteiger partial charge is 0.252 e. The highest BCUT2D eigenvalue weighted by atomic mass is 32.2. The minimum absolute atomic E-state index is 0.158. The molecule has 0 spiro atoms. The lowest BCUT2D eigenvalue weighted by Gasteiger charge is -2.13. The van der Waals surface area contributed by atoms with Crippen LogP contribution in [0.2, 0.25) is 0 Å². The van der Waals surface area contributed by atoms with Crippen LogP contribution in [0.4, 0.5) is 5.13 Å². The zero-order valence-corrected chi connectivity index (χ0v) is 12.1. The summed E-state index contributed by atoms with van der Waals surface area (Å²) in [6, 6.07) is 3.18. The molecule has 0 amide bonds. The van der Waals surface area contributed by atoms with E-state index in [1.165, 1.54) is 0 Å². The fourth-order valence-electron chi connectivity index (χ4n) is 1.66. The van der Waals surface area contributed by atoms with E-state index in [0.29, 0.717) is 5.69 Å². The van der Waals surface area contributed by atoms with E-state index >= 15 is 0 Å². The number of nitrogen functional groups attached to an aromatic ring is 1. The quantitative estimate of drug-likeness (QED) is 0.890. The Hall–Kier alpha value is -1.51. The number of nitrogens with one attached hydrogen (secondary N) is 1. The van der Waals surface area contributed by atoms with Crippen LogP contribution in [0.5, 0.6) is 0 Å². The second-order valence-electron chi connectivity index (χ2n) is 4.05. The molecule has 0 aliphatic heterocycles. The monoisotopic (exact) mass is 298 g/mol. The SMILES string of the molecule is Cc1nc(N)sc1S(=O)(=O)NC(C)c1ccncc1. The summed E-state index contributed by atoms with van der Waals surface area (Å²) in [6.07, 6.45) is 3.24. The summed E-state index contributed by atoms with van der Waals surface area (Å²) in [6.45, 7) is 3.39. The number of nitrogens with two attached hydrogens (primary N) is 1. The molecule has 0 radical (unpaired) electrons. The molecule has 2 rings (SSSR count). The molecule has 0 saturated heterocycles. The van der Waals surface area contributed by atoms with Gasteiger partial charge in [-0.05, 0) is 31.5 Å². The van der Waals surface area contributed by atoms with Crippen LogP contribution in [-0.2, 0) is 10.0 Å². The molecule has 2 aromatic heterocycles. The highest BCUT2D eigenvalue weighted by molar-refractivity contribution is 7.91. The Kier molecular flexibility index (Phi) is 3.83. The van der Waals surface area contributed by atoms with E-state index < -0.39 is 10.0 Å². The number of thiazole rings is 1. The first-order valence-corrected chi connectivity index (χ1v) is 7.85. The maximum atomic E-state index is 12.2. The van der Waals surface area contributed by atoms with E-state index in [4.69, 9.17) is 5.73 Å². The van der Waals surface area contributed by atoms with Gasteiger partial charge < -0.3 is 5.73 Å². The highest BCUT2D eigenvalue weighted by Gasteiger charge is 2.23. The number of anilines is 1. The number of pyridine rings is 1. The third kappa shape index (κ3) is 3.09. The molecule has 1 atom stereocenters. The molecule has 0 fully saturated rings. The number of nitrogens with zero attached hydrogens (tertiary/aromatic N) is 2. The van der Waals surface area contributed by atoms with Crippen molar-refractivity contribution in [3.8, 4) is 0 Å². The van der Waals surface area contributed by atoms with Crippen molar-refractivity contribution in [1.29, 1.82) is 0 Å². The molecule has 8 heteroatoms. The van der Waals surface area contributed by atoms with Crippen LogP contribution >= 0.6 is 11.3 Å². The third-order valence-corrected chi connectivity index (χ3v) is 5.69. The van der Waals surface area contributed by atoms with E-state index in [9.17, 15) is 8.42 Å². The summed E-state index contributed by atoms with van der Waals surface area (Å²) in [5.74, 6) is 0. The van der Waals surface area contributed by atoms with Crippen LogP contribution in [0.25, 0.3) is 0 Å². The molecule has 19 heavy (non-hydrogen) atoms. The Morgan fingerprint density at radius 1 is 1.37 bits per heavy atom. The molecule has 0 aromatic carbocycles. The first kappa shape index (κ1) is 13.9. The molecule has 2 aromatic rings. The third-order valence-electron chi connectivity index (χ3n) is 2.55. The van der Waals surface area contributed by atoms with Crippen molar-refractivity contribution in [3.05, 3.63) is 35.8 Å². The molecule has 102 valence electrons. The van der Waals surface area contributed by atoms with Crippen molar-refractivity contribution >= 4 is 26.5 Å². The van der Waals surface area contributed by atoms with Gasteiger partial charge in [-0.15, -0.1) is 0 Å². The topological polar surface area (TPSA) is 98.0 Å². The van der Waals surface area contributed by atoms with E-state index in [1.807, 2.05) is 0 Å². The first-order chi connectivity index (χ1) is 8.90. The van der Waals surface area contributed by atoms with Crippen molar-refractivity contribution in [3.63, 3.8) is 0 Å². The first-order valence-electron chi connectivity index (χ1n) is 5.55. The van der Waals surface area contributed by atoms with E-state index in [2.05, 4.69) is 14.7 Å². The van der Waals surface area contributed by atoms with Gasteiger partial charge in [0.05, 0.1) is 5.69 Å². The number of rotatable bonds is 4. The van der Waals surface area contributed by atoms with Crippen LogP contribution in [0.15, 0.2) is 28.7 Å². The van der Waals surface area contributed by atoms with Crippen molar-refractivity contribution < 1.29 is 8.42 Å². The summed E-state index contributed by atoms with van der Waals surface area (Å²) in [5, 5.41) is 0.245. The summed E-state index contributed by atoms with van der Waals surface area (Å²) < 4.78 is 27.2. The number of hydrogen-bond donors (Lipinski definition) is 2. The van der Waals surface area contributed by atoms with Gasteiger partial charge in [0.1, 0.15) is 0 Å².